The Bertz CT molecular complexity index is 1110. The molecule has 4 rings (SSSR count). The Kier molecular flexibility index (Phi) is 5.90. The van der Waals surface area contributed by atoms with Crippen LogP contribution in [0, 0.1) is 0 Å². The molecule has 0 aromatic heterocycles. The van der Waals surface area contributed by atoms with Gasteiger partial charge in [-0.2, -0.15) is 26.3 Å². The number of nitrogens with zero attached hydrogens (tertiary/aromatic N) is 1. The van der Waals surface area contributed by atoms with Crippen LogP contribution in [0.25, 0.3) is 0 Å². The molecule has 1 saturated carbocycles. The summed E-state index contributed by atoms with van der Waals surface area (Å²) in [6.45, 7) is 1.30. The summed E-state index contributed by atoms with van der Waals surface area (Å²) >= 11 is 0. The van der Waals surface area contributed by atoms with Gasteiger partial charge in [0.05, 0.1) is 23.8 Å². The van der Waals surface area contributed by atoms with Gasteiger partial charge in [0, 0.05) is 12.5 Å². The molecule has 2 aromatic rings. The third-order valence-corrected chi connectivity index (χ3v) is 6.72. The topological polar surface area (TPSA) is 58.6 Å². The predicted molar refractivity (Wildman–Crippen MR) is 112 cm³/mol. The highest BCUT2D eigenvalue weighted by atomic mass is 19.4. The van der Waals surface area contributed by atoms with Gasteiger partial charge in [-0.05, 0) is 49.1 Å². The molecule has 11 heteroatoms. The van der Waals surface area contributed by atoms with Crippen LogP contribution in [-0.2, 0) is 27.3 Å². The molecule has 1 atom stereocenters. The van der Waals surface area contributed by atoms with Crippen LogP contribution in [-0.4, -0.2) is 36.0 Å². The van der Waals surface area contributed by atoms with E-state index in [1.807, 2.05) is 0 Å². The molecule has 0 bridgehead atoms. The van der Waals surface area contributed by atoms with Crippen LogP contribution in [0.1, 0.15) is 48.1 Å². The quantitative estimate of drug-likeness (QED) is 0.439. The number of benzene rings is 2. The van der Waals surface area contributed by atoms with Crippen LogP contribution in [0.15, 0.2) is 48.5 Å². The molecule has 188 valence electrons. The summed E-state index contributed by atoms with van der Waals surface area (Å²) in [5.41, 5.74) is -4.20. The van der Waals surface area contributed by atoms with Gasteiger partial charge in [0.25, 0.3) is 5.91 Å². The van der Waals surface area contributed by atoms with Gasteiger partial charge in [0.2, 0.25) is 0 Å². The Hall–Kier alpha value is -3.08. The molecule has 1 spiro atoms. The van der Waals surface area contributed by atoms with Crippen LogP contribution in [0.3, 0.4) is 0 Å². The van der Waals surface area contributed by atoms with Gasteiger partial charge in [-0.1, -0.05) is 30.3 Å². The molecule has 0 radical (unpaired) electrons. The second kappa shape index (κ2) is 8.25. The number of alkyl halides is 6. The van der Waals surface area contributed by atoms with E-state index in [0.717, 1.165) is 10.5 Å². The zero-order valence-corrected chi connectivity index (χ0v) is 18.8. The van der Waals surface area contributed by atoms with Crippen molar-refractivity contribution in [1.29, 1.82) is 0 Å². The lowest BCUT2D eigenvalue weighted by Gasteiger charge is -2.53. The number of hydrogen-bond acceptors (Lipinski definition) is 3. The van der Waals surface area contributed by atoms with Crippen LogP contribution in [0.2, 0.25) is 0 Å². The predicted octanol–water partition coefficient (Wildman–Crippen LogP) is 5.45. The fraction of sp³-hybridized carbons (Fsp3) is 0.417. The minimum absolute atomic E-state index is 0.0717. The number of imide groups is 1. The first-order valence-electron chi connectivity index (χ1n) is 10.7. The van der Waals surface area contributed by atoms with E-state index < -0.39 is 52.5 Å². The zero-order chi connectivity index (χ0) is 25.8. The number of carbonyl (C=O) groups excluding carboxylic acids is 2. The standard InChI is InChI=1S/C24H22F6N2O3/c1-14(15-8-17(23(25,26)27)10-18(9-15)24(28,29)30)35-13-21(16-6-4-3-5-7-16)11-22(12-21)19(33)32(2)20(34)31-22/h3-10,14H,11-13H2,1-2H3,(H,31,34)/t14-,21?,22?/m1/s1. The van der Waals surface area contributed by atoms with Gasteiger partial charge in [0.1, 0.15) is 5.54 Å². The van der Waals surface area contributed by atoms with Crippen LogP contribution >= 0.6 is 0 Å². The Morgan fingerprint density at radius 3 is 1.97 bits per heavy atom. The summed E-state index contributed by atoms with van der Waals surface area (Å²) in [6.07, 6.45) is -10.7. The molecule has 1 aliphatic carbocycles. The monoisotopic (exact) mass is 500 g/mol. The number of hydrogen-bond donors (Lipinski definition) is 1. The molecular formula is C24H22F6N2O3. The first-order valence-corrected chi connectivity index (χ1v) is 10.7. The largest absolute Gasteiger partial charge is 0.416 e. The van der Waals surface area contributed by atoms with E-state index in [2.05, 4.69) is 5.32 Å². The number of halogens is 6. The van der Waals surface area contributed by atoms with E-state index >= 15 is 0 Å². The summed E-state index contributed by atoms with van der Waals surface area (Å²) in [6, 6.07) is 9.77. The van der Waals surface area contributed by atoms with Crippen molar-refractivity contribution in [2.45, 2.75) is 49.2 Å². The Morgan fingerprint density at radius 2 is 1.51 bits per heavy atom. The SMILES string of the molecule is C[C@@H](OCC1(c2ccccc2)CC2(C1)NC(=O)N(C)C2=O)c1cc(C(F)(F)F)cc(C(F)(F)F)c1. The first kappa shape index (κ1) is 25.0. The van der Waals surface area contributed by atoms with E-state index in [-0.39, 0.29) is 31.1 Å². The highest BCUT2D eigenvalue weighted by Gasteiger charge is 2.64. The lowest BCUT2D eigenvalue weighted by atomic mass is 9.54. The molecule has 1 N–H and O–H groups in total. The third-order valence-electron chi connectivity index (χ3n) is 6.72. The van der Waals surface area contributed by atoms with E-state index in [1.165, 1.54) is 14.0 Å². The van der Waals surface area contributed by atoms with E-state index in [1.54, 1.807) is 30.3 Å². The minimum atomic E-state index is -4.96. The normalized spacial score (nSPS) is 25.5. The molecule has 35 heavy (non-hydrogen) atoms. The number of nitrogens with one attached hydrogen (secondary N) is 1. The second-order valence-electron chi connectivity index (χ2n) is 9.17. The second-order valence-corrected chi connectivity index (χ2v) is 9.17. The van der Waals surface area contributed by atoms with Gasteiger partial charge in [0.15, 0.2) is 0 Å². The number of urea groups is 1. The third kappa shape index (κ3) is 4.49. The molecule has 2 fully saturated rings. The molecule has 1 saturated heterocycles. The van der Waals surface area contributed by atoms with Crippen molar-refractivity contribution < 1.29 is 40.7 Å². The molecule has 1 aliphatic heterocycles. The maximum atomic E-state index is 13.3. The summed E-state index contributed by atoms with van der Waals surface area (Å²) in [4.78, 5) is 25.6. The number of amides is 3. The maximum Gasteiger partial charge on any atom is 0.416 e. The first-order chi connectivity index (χ1) is 16.2. The van der Waals surface area contributed by atoms with Crippen molar-refractivity contribution in [2.24, 2.45) is 0 Å². The number of likely N-dealkylation sites (N-methyl/N-ethyl adjacent to an activating group) is 1. The van der Waals surface area contributed by atoms with Crippen LogP contribution in [0.5, 0.6) is 0 Å². The molecule has 2 aliphatic rings. The Balaban J connectivity index is 1.60. The highest BCUT2D eigenvalue weighted by molar-refractivity contribution is 6.07. The molecule has 1 heterocycles. The lowest BCUT2D eigenvalue weighted by molar-refractivity contribution is -0.143. The molecule has 0 unspecified atom stereocenters. The van der Waals surface area contributed by atoms with Gasteiger partial charge < -0.3 is 10.1 Å². The molecule has 5 nitrogen and oxygen atoms in total. The average Bonchev–Trinajstić information content (AvgIpc) is 2.99. The fourth-order valence-electron chi connectivity index (χ4n) is 4.87. The van der Waals surface area contributed by atoms with Crippen molar-refractivity contribution >= 4 is 11.9 Å². The van der Waals surface area contributed by atoms with Gasteiger partial charge in [-0.3, -0.25) is 9.69 Å². The Labute approximate surface area is 197 Å². The van der Waals surface area contributed by atoms with Crippen LogP contribution < -0.4 is 5.32 Å². The molecule has 2 aromatic carbocycles. The molecular weight excluding hydrogens is 478 g/mol. The summed E-state index contributed by atoms with van der Waals surface area (Å²) in [5, 5.41) is 2.69. The minimum Gasteiger partial charge on any atom is -0.373 e. The van der Waals surface area contributed by atoms with E-state index in [9.17, 15) is 35.9 Å². The summed E-state index contributed by atoms with van der Waals surface area (Å²) in [5.74, 6) is -0.394. The van der Waals surface area contributed by atoms with Crippen molar-refractivity contribution in [3.63, 3.8) is 0 Å². The highest BCUT2D eigenvalue weighted by Crippen LogP contribution is 2.53. The van der Waals surface area contributed by atoms with Gasteiger partial charge in [-0.15, -0.1) is 0 Å². The summed E-state index contributed by atoms with van der Waals surface area (Å²) < 4.78 is 85.3. The lowest BCUT2D eigenvalue weighted by Crippen LogP contribution is -2.65. The van der Waals surface area contributed by atoms with Crippen LogP contribution in [0.4, 0.5) is 31.1 Å². The van der Waals surface area contributed by atoms with Crippen molar-refractivity contribution in [3.8, 4) is 0 Å². The molecule has 3 amide bonds. The number of ether oxygens (including phenoxy) is 1. The average molecular weight is 500 g/mol. The summed E-state index contributed by atoms with van der Waals surface area (Å²) in [7, 11) is 1.36. The van der Waals surface area contributed by atoms with Crippen molar-refractivity contribution in [3.05, 3.63) is 70.8 Å². The fourth-order valence-corrected chi connectivity index (χ4v) is 4.87. The number of carbonyl (C=O) groups is 2. The van der Waals surface area contributed by atoms with Gasteiger partial charge in [-0.25, -0.2) is 4.79 Å². The van der Waals surface area contributed by atoms with Crippen molar-refractivity contribution in [1.82, 2.24) is 10.2 Å². The number of rotatable bonds is 5. The maximum absolute atomic E-state index is 13.3. The van der Waals surface area contributed by atoms with E-state index in [4.69, 9.17) is 4.74 Å². The zero-order valence-electron chi connectivity index (χ0n) is 18.8. The smallest absolute Gasteiger partial charge is 0.373 e. The van der Waals surface area contributed by atoms with E-state index in [0.29, 0.717) is 12.1 Å². The van der Waals surface area contributed by atoms with Crippen molar-refractivity contribution in [2.75, 3.05) is 13.7 Å². The Morgan fingerprint density at radius 1 is 0.971 bits per heavy atom. The van der Waals surface area contributed by atoms with Gasteiger partial charge >= 0.3 is 18.4 Å².